The Kier molecular flexibility index (Phi) is 6.86. The number of rotatable bonds is 6. The number of likely N-dealkylation sites (tertiary alicyclic amines) is 1. The third-order valence-electron chi connectivity index (χ3n) is 7.09. The molecule has 0 aliphatic carbocycles. The van der Waals surface area contributed by atoms with E-state index in [1.165, 1.54) is 10.6 Å². The fraction of sp³-hybridized carbons (Fsp3) is 0.520. The van der Waals surface area contributed by atoms with E-state index in [9.17, 15) is 22.8 Å². The van der Waals surface area contributed by atoms with E-state index in [1.54, 1.807) is 36.3 Å². The molecule has 1 spiro atoms. The summed E-state index contributed by atoms with van der Waals surface area (Å²) in [6.45, 7) is 4.20. The number of benzene rings is 1. The average molecular weight is 494 g/mol. The van der Waals surface area contributed by atoms with Gasteiger partial charge in [-0.2, -0.15) is 13.2 Å². The number of ketones is 1. The topological polar surface area (TPSA) is 64.0 Å². The van der Waals surface area contributed by atoms with Crippen LogP contribution in [-0.2, 0) is 12.1 Å². The van der Waals surface area contributed by atoms with E-state index in [-0.39, 0.29) is 11.6 Å². The lowest BCUT2D eigenvalue weighted by molar-refractivity contribution is -0.0892. The minimum atomic E-state index is -4.92. The zero-order valence-electron chi connectivity index (χ0n) is 20.2. The van der Waals surface area contributed by atoms with Crippen molar-refractivity contribution in [3.05, 3.63) is 47.3 Å². The second-order valence-electron chi connectivity index (χ2n) is 9.04. The second kappa shape index (κ2) is 9.56. The summed E-state index contributed by atoms with van der Waals surface area (Å²) in [5.41, 5.74) is 0.335. The molecule has 0 saturated carbocycles. The van der Waals surface area contributed by atoms with E-state index < -0.39 is 17.5 Å². The van der Waals surface area contributed by atoms with Crippen molar-refractivity contribution < 1.29 is 32.2 Å². The Bertz CT molecular complexity index is 1100. The van der Waals surface area contributed by atoms with Gasteiger partial charge in [0.1, 0.15) is 0 Å². The Balaban J connectivity index is 1.54. The molecule has 0 unspecified atom stereocenters. The van der Waals surface area contributed by atoms with Crippen molar-refractivity contribution in [2.45, 2.75) is 44.4 Å². The summed E-state index contributed by atoms with van der Waals surface area (Å²) in [5.74, 6) is -0.885. The fourth-order valence-corrected chi connectivity index (χ4v) is 5.15. The maximum absolute atomic E-state index is 13.3. The van der Waals surface area contributed by atoms with E-state index in [2.05, 4.69) is 4.90 Å². The van der Waals surface area contributed by atoms with Gasteiger partial charge in [0.25, 0.3) is 11.7 Å². The number of hydrogen-bond donors (Lipinski definition) is 0. The SMILES string of the molecule is CCCOc1cc(C(=O)N2CCC3(CC2)c2ccc(C(=O)C(F)(F)F)n2CCN3C)ccc1OC. The number of aromatic nitrogens is 1. The largest absolute Gasteiger partial charge is 0.493 e. The molecule has 1 aromatic carbocycles. The predicted octanol–water partition coefficient (Wildman–Crippen LogP) is 4.11. The number of methoxy groups -OCH3 is 1. The highest BCUT2D eigenvalue weighted by Gasteiger charge is 2.47. The lowest BCUT2D eigenvalue weighted by atomic mass is 9.81. The Morgan fingerprint density at radius 1 is 1.03 bits per heavy atom. The maximum atomic E-state index is 13.3. The molecule has 190 valence electrons. The predicted molar refractivity (Wildman–Crippen MR) is 123 cm³/mol. The lowest BCUT2D eigenvalue weighted by Gasteiger charge is -2.50. The Morgan fingerprint density at radius 2 is 1.74 bits per heavy atom. The van der Waals surface area contributed by atoms with E-state index >= 15 is 0 Å². The number of ether oxygens (including phenoxy) is 2. The van der Waals surface area contributed by atoms with E-state index in [0.717, 1.165) is 6.42 Å². The first-order valence-corrected chi connectivity index (χ1v) is 11.7. The summed E-state index contributed by atoms with van der Waals surface area (Å²) in [6.07, 6.45) is -3.00. The van der Waals surface area contributed by atoms with Gasteiger partial charge in [0.05, 0.1) is 24.9 Å². The van der Waals surface area contributed by atoms with Gasteiger partial charge in [-0.05, 0) is 56.6 Å². The molecule has 1 saturated heterocycles. The van der Waals surface area contributed by atoms with Gasteiger partial charge in [-0.25, -0.2) is 0 Å². The molecular weight excluding hydrogens is 463 g/mol. The molecule has 2 aliphatic heterocycles. The molecule has 35 heavy (non-hydrogen) atoms. The molecule has 3 heterocycles. The Hall–Kier alpha value is -3.01. The number of nitrogens with zero attached hydrogens (tertiary/aromatic N) is 3. The number of alkyl halides is 3. The smallest absolute Gasteiger partial charge is 0.456 e. The van der Waals surface area contributed by atoms with Gasteiger partial charge in [0, 0.05) is 37.4 Å². The highest BCUT2D eigenvalue weighted by atomic mass is 19.4. The molecule has 0 atom stereocenters. The number of hydrogen-bond acceptors (Lipinski definition) is 5. The first kappa shape index (κ1) is 25.1. The highest BCUT2D eigenvalue weighted by molar-refractivity contribution is 5.99. The zero-order valence-corrected chi connectivity index (χ0v) is 20.2. The van der Waals surface area contributed by atoms with Crippen LogP contribution in [0.4, 0.5) is 13.2 Å². The van der Waals surface area contributed by atoms with Crippen LogP contribution in [0.1, 0.15) is 52.7 Å². The van der Waals surface area contributed by atoms with Gasteiger partial charge in [0.15, 0.2) is 11.5 Å². The first-order chi connectivity index (χ1) is 16.6. The van der Waals surface area contributed by atoms with Crippen LogP contribution in [0.25, 0.3) is 0 Å². The Morgan fingerprint density at radius 3 is 2.37 bits per heavy atom. The van der Waals surface area contributed by atoms with E-state index in [0.29, 0.717) is 68.4 Å². The van der Waals surface area contributed by atoms with Gasteiger partial charge < -0.3 is 18.9 Å². The molecule has 4 rings (SSSR count). The number of fused-ring (bicyclic) bond motifs is 2. The third-order valence-corrected chi connectivity index (χ3v) is 7.09. The molecule has 10 heteroatoms. The monoisotopic (exact) mass is 493 g/mol. The summed E-state index contributed by atoms with van der Waals surface area (Å²) >= 11 is 0. The van der Waals surface area contributed by atoms with Gasteiger partial charge in [-0.1, -0.05) is 6.92 Å². The number of piperidine rings is 1. The molecule has 0 N–H and O–H groups in total. The molecule has 1 amide bonds. The minimum Gasteiger partial charge on any atom is -0.493 e. The number of Topliss-reactive ketones (excluding diaryl/α,β-unsaturated/α-hetero) is 1. The van der Waals surface area contributed by atoms with Crippen molar-refractivity contribution in [2.24, 2.45) is 0 Å². The third kappa shape index (κ3) is 4.51. The maximum Gasteiger partial charge on any atom is 0.456 e. The molecular formula is C25H30F3N3O4. The van der Waals surface area contributed by atoms with Crippen LogP contribution in [-0.4, -0.2) is 72.6 Å². The van der Waals surface area contributed by atoms with Crippen LogP contribution in [0.2, 0.25) is 0 Å². The summed E-state index contributed by atoms with van der Waals surface area (Å²) in [5, 5.41) is 0. The van der Waals surface area contributed by atoms with Gasteiger partial charge in [0.2, 0.25) is 0 Å². The van der Waals surface area contributed by atoms with Crippen LogP contribution < -0.4 is 9.47 Å². The van der Waals surface area contributed by atoms with Crippen molar-refractivity contribution in [3.8, 4) is 11.5 Å². The molecule has 1 aromatic heterocycles. The van der Waals surface area contributed by atoms with Crippen molar-refractivity contribution in [2.75, 3.05) is 40.4 Å². The highest BCUT2D eigenvalue weighted by Crippen LogP contribution is 2.42. The van der Waals surface area contributed by atoms with E-state index in [1.807, 2.05) is 14.0 Å². The molecule has 7 nitrogen and oxygen atoms in total. The summed E-state index contributed by atoms with van der Waals surface area (Å²) in [7, 11) is 3.49. The van der Waals surface area contributed by atoms with Crippen molar-refractivity contribution >= 4 is 11.7 Å². The van der Waals surface area contributed by atoms with Gasteiger partial charge in [-0.15, -0.1) is 0 Å². The van der Waals surface area contributed by atoms with Crippen LogP contribution in [0.5, 0.6) is 11.5 Å². The average Bonchev–Trinajstić information content (AvgIpc) is 3.28. The number of carbonyl (C=O) groups excluding carboxylic acids is 2. The normalized spacial score (nSPS) is 17.8. The molecule has 2 aliphatic rings. The summed E-state index contributed by atoms with van der Waals surface area (Å²) < 4.78 is 51.9. The lowest BCUT2D eigenvalue weighted by Crippen LogP contribution is -2.56. The molecule has 0 radical (unpaired) electrons. The van der Waals surface area contributed by atoms with Crippen LogP contribution in [0.15, 0.2) is 30.3 Å². The minimum absolute atomic E-state index is 0.134. The molecule has 0 bridgehead atoms. The summed E-state index contributed by atoms with van der Waals surface area (Å²) in [4.78, 5) is 29.1. The van der Waals surface area contributed by atoms with Crippen molar-refractivity contribution in [1.29, 1.82) is 0 Å². The number of carbonyl (C=O) groups is 2. The van der Waals surface area contributed by atoms with E-state index in [4.69, 9.17) is 9.47 Å². The molecule has 1 fully saturated rings. The van der Waals surface area contributed by atoms with Crippen LogP contribution in [0.3, 0.4) is 0 Å². The van der Waals surface area contributed by atoms with Crippen molar-refractivity contribution in [3.63, 3.8) is 0 Å². The quantitative estimate of drug-likeness (QED) is 0.567. The zero-order chi connectivity index (χ0) is 25.4. The fourth-order valence-electron chi connectivity index (χ4n) is 5.15. The first-order valence-electron chi connectivity index (χ1n) is 11.7. The number of halogens is 3. The van der Waals surface area contributed by atoms with Gasteiger partial charge in [-0.3, -0.25) is 14.5 Å². The van der Waals surface area contributed by atoms with Crippen LogP contribution >= 0.6 is 0 Å². The number of amides is 1. The summed E-state index contributed by atoms with van der Waals surface area (Å²) in [6, 6.07) is 8.02. The van der Waals surface area contributed by atoms with Crippen molar-refractivity contribution in [1.82, 2.24) is 14.4 Å². The second-order valence-corrected chi connectivity index (χ2v) is 9.04. The molecule has 2 aromatic rings. The standard InChI is InChI=1S/C25H30F3N3O4/c1-4-15-35-20-16-17(5-7-19(20)34-3)23(33)30-11-9-24(10-12-30)21-8-6-18(22(32)25(26,27)28)31(21)14-13-29(24)2/h5-8,16H,4,9-15H2,1-3H3. The van der Waals surface area contributed by atoms with Crippen LogP contribution in [0, 0.1) is 0 Å². The van der Waals surface area contributed by atoms with Gasteiger partial charge >= 0.3 is 6.18 Å². The Labute approximate surface area is 202 Å². The number of likely N-dealkylation sites (N-methyl/N-ethyl adjacent to an activating group) is 1.